The van der Waals surface area contributed by atoms with E-state index < -0.39 is 0 Å². The van der Waals surface area contributed by atoms with E-state index in [-0.39, 0.29) is 5.82 Å². The number of halogens is 1. The van der Waals surface area contributed by atoms with Crippen molar-refractivity contribution in [1.29, 1.82) is 0 Å². The van der Waals surface area contributed by atoms with E-state index >= 15 is 0 Å². The Hall–Kier alpha value is -0.890. The number of rotatable bonds is 1. The van der Waals surface area contributed by atoms with Crippen LogP contribution in [0.15, 0.2) is 24.3 Å². The maximum atomic E-state index is 13.9. The topological polar surface area (TPSA) is 12.0 Å². The Morgan fingerprint density at radius 1 is 1.29 bits per heavy atom. The normalized spacial score (nSPS) is 36.8. The molecule has 2 fully saturated rings. The Morgan fingerprint density at radius 3 is 2.76 bits per heavy atom. The molecule has 1 unspecified atom stereocenters. The van der Waals surface area contributed by atoms with Gasteiger partial charge < -0.3 is 5.32 Å². The molecule has 1 spiro atoms. The van der Waals surface area contributed by atoms with Gasteiger partial charge in [-0.15, -0.1) is 0 Å². The van der Waals surface area contributed by atoms with Crippen LogP contribution in [0.25, 0.3) is 0 Å². The van der Waals surface area contributed by atoms with Gasteiger partial charge in [0.25, 0.3) is 0 Å². The van der Waals surface area contributed by atoms with Crippen molar-refractivity contribution < 1.29 is 4.39 Å². The second-order valence-corrected chi connectivity index (χ2v) is 5.90. The summed E-state index contributed by atoms with van der Waals surface area (Å²) in [5, 5.41) is 3.43. The van der Waals surface area contributed by atoms with Gasteiger partial charge in [-0.3, -0.25) is 0 Å². The molecule has 1 saturated heterocycles. The smallest absolute Gasteiger partial charge is 0.126 e. The Morgan fingerprint density at radius 2 is 2.06 bits per heavy atom. The van der Waals surface area contributed by atoms with Crippen molar-refractivity contribution in [1.82, 2.24) is 5.32 Å². The largest absolute Gasteiger partial charge is 0.316 e. The summed E-state index contributed by atoms with van der Waals surface area (Å²) in [6.45, 7) is 4.34. The molecular formula is C15H20FN. The van der Waals surface area contributed by atoms with Crippen molar-refractivity contribution in [2.24, 2.45) is 11.3 Å². The SMILES string of the molecule is CC1CC2(CCNCC2c2ccccc2F)C1. The van der Waals surface area contributed by atoms with Gasteiger partial charge in [0.1, 0.15) is 5.82 Å². The van der Waals surface area contributed by atoms with Gasteiger partial charge in [-0.05, 0) is 48.8 Å². The molecule has 1 saturated carbocycles. The Kier molecular flexibility index (Phi) is 2.70. The summed E-state index contributed by atoms with van der Waals surface area (Å²) in [4.78, 5) is 0. The van der Waals surface area contributed by atoms with E-state index in [9.17, 15) is 4.39 Å². The molecule has 2 heteroatoms. The fourth-order valence-electron chi connectivity index (χ4n) is 3.99. The monoisotopic (exact) mass is 233 g/mol. The lowest BCUT2D eigenvalue weighted by atomic mass is 9.52. The average Bonchev–Trinajstić information content (AvgIpc) is 2.29. The molecule has 1 heterocycles. The van der Waals surface area contributed by atoms with Crippen LogP contribution in [0.4, 0.5) is 4.39 Å². The predicted molar refractivity (Wildman–Crippen MR) is 67.5 cm³/mol. The van der Waals surface area contributed by atoms with Gasteiger partial charge in [-0.25, -0.2) is 4.39 Å². The molecule has 1 nitrogen and oxygen atoms in total. The first-order valence-electron chi connectivity index (χ1n) is 6.66. The number of benzene rings is 1. The summed E-state index contributed by atoms with van der Waals surface area (Å²) in [6.07, 6.45) is 3.75. The third kappa shape index (κ3) is 1.79. The van der Waals surface area contributed by atoms with E-state index in [0.717, 1.165) is 24.6 Å². The maximum absolute atomic E-state index is 13.9. The first kappa shape index (κ1) is 11.2. The Labute approximate surface area is 102 Å². The van der Waals surface area contributed by atoms with E-state index in [1.54, 1.807) is 12.1 Å². The molecule has 1 N–H and O–H groups in total. The van der Waals surface area contributed by atoms with Gasteiger partial charge in [-0.1, -0.05) is 25.1 Å². The van der Waals surface area contributed by atoms with Crippen LogP contribution >= 0.6 is 0 Å². The summed E-state index contributed by atoms with van der Waals surface area (Å²) >= 11 is 0. The van der Waals surface area contributed by atoms with Gasteiger partial charge in [0, 0.05) is 12.5 Å². The molecule has 3 rings (SSSR count). The molecule has 0 amide bonds. The molecule has 0 bridgehead atoms. The van der Waals surface area contributed by atoms with E-state index in [4.69, 9.17) is 0 Å². The second-order valence-electron chi connectivity index (χ2n) is 5.90. The van der Waals surface area contributed by atoms with Crippen LogP contribution in [-0.4, -0.2) is 13.1 Å². The highest BCUT2D eigenvalue weighted by atomic mass is 19.1. The fourth-order valence-corrected chi connectivity index (χ4v) is 3.99. The van der Waals surface area contributed by atoms with Crippen LogP contribution < -0.4 is 5.32 Å². The molecule has 0 radical (unpaired) electrons. The molecule has 1 aromatic carbocycles. The fraction of sp³-hybridized carbons (Fsp3) is 0.600. The van der Waals surface area contributed by atoms with E-state index in [0.29, 0.717) is 11.3 Å². The van der Waals surface area contributed by atoms with Crippen LogP contribution in [0, 0.1) is 17.2 Å². The maximum Gasteiger partial charge on any atom is 0.126 e. The Bertz CT molecular complexity index is 404. The van der Waals surface area contributed by atoms with Gasteiger partial charge in [0.15, 0.2) is 0 Å². The minimum absolute atomic E-state index is 0.0277. The zero-order valence-electron chi connectivity index (χ0n) is 10.4. The molecule has 92 valence electrons. The van der Waals surface area contributed by atoms with Gasteiger partial charge in [-0.2, -0.15) is 0 Å². The minimum atomic E-state index is -0.0277. The zero-order chi connectivity index (χ0) is 11.9. The average molecular weight is 233 g/mol. The number of hydrogen-bond donors (Lipinski definition) is 1. The highest BCUT2D eigenvalue weighted by Gasteiger charge is 2.49. The van der Waals surface area contributed by atoms with Crippen molar-refractivity contribution in [2.45, 2.75) is 32.1 Å². The summed E-state index contributed by atoms with van der Waals surface area (Å²) in [5.74, 6) is 1.16. The molecule has 1 atom stereocenters. The van der Waals surface area contributed by atoms with Gasteiger partial charge in [0.2, 0.25) is 0 Å². The lowest BCUT2D eigenvalue weighted by Crippen LogP contribution is -2.50. The first-order valence-corrected chi connectivity index (χ1v) is 6.66. The van der Waals surface area contributed by atoms with Crippen LogP contribution in [0.2, 0.25) is 0 Å². The Balaban J connectivity index is 1.92. The van der Waals surface area contributed by atoms with Gasteiger partial charge in [0.05, 0.1) is 0 Å². The van der Waals surface area contributed by atoms with Gasteiger partial charge >= 0.3 is 0 Å². The molecule has 1 aliphatic heterocycles. The quantitative estimate of drug-likeness (QED) is 0.784. The van der Waals surface area contributed by atoms with E-state index in [1.807, 2.05) is 12.1 Å². The van der Waals surface area contributed by atoms with Crippen molar-refractivity contribution in [3.8, 4) is 0 Å². The predicted octanol–water partition coefficient (Wildman–Crippen LogP) is 3.32. The third-order valence-electron chi connectivity index (χ3n) is 4.68. The zero-order valence-corrected chi connectivity index (χ0v) is 10.4. The van der Waals surface area contributed by atoms with Crippen molar-refractivity contribution in [3.05, 3.63) is 35.6 Å². The standard InChI is InChI=1S/C15H20FN/c1-11-8-15(9-11)6-7-17-10-13(15)12-4-2-3-5-14(12)16/h2-5,11,13,17H,6-10H2,1H3. The van der Waals surface area contributed by atoms with Crippen LogP contribution in [0.3, 0.4) is 0 Å². The molecule has 0 aromatic heterocycles. The molecule has 2 aliphatic rings. The van der Waals surface area contributed by atoms with E-state index in [2.05, 4.69) is 12.2 Å². The molecule has 1 aliphatic carbocycles. The van der Waals surface area contributed by atoms with Crippen molar-refractivity contribution >= 4 is 0 Å². The molecule has 1 aromatic rings. The highest BCUT2D eigenvalue weighted by Crippen LogP contribution is 2.57. The summed E-state index contributed by atoms with van der Waals surface area (Å²) in [5.41, 5.74) is 1.30. The summed E-state index contributed by atoms with van der Waals surface area (Å²) in [6, 6.07) is 7.31. The van der Waals surface area contributed by atoms with Crippen LogP contribution in [0.5, 0.6) is 0 Å². The lowest BCUT2D eigenvalue weighted by molar-refractivity contribution is 0.00721. The van der Waals surface area contributed by atoms with Crippen molar-refractivity contribution in [2.75, 3.05) is 13.1 Å². The lowest BCUT2D eigenvalue weighted by Gasteiger charge is -2.54. The minimum Gasteiger partial charge on any atom is -0.316 e. The summed E-state index contributed by atoms with van der Waals surface area (Å²) < 4.78 is 13.9. The van der Waals surface area contributed by atoms with Crippen LogP contribution in [-0.2, 0) is 0 Å². The summed E-state index contributed by atoms with van der Waals surface area (Å²) in [7, 11) is 0. The second kappa shape index (κ2) is 4.09. The number of piperidine rings is 1. The highest BCUT2D eigenvalue weighted by molar-refractivity contribution is 5.27. The van der Waals surface area contributed by atoms with E-state index in [1.165, 1.54) is 19.3 Å². The third-order valence-corrected chi connectivity index (χ3v) is 4.68. The molecule has 17 heavy (non-hydrogen) atoms. The molecular weight excluding hydrogens is 213 g/mol. The van der Waals surface area contributed by atoms with Crippen molar-refractivity contribution in [3.63, 3.8) is 0 Å². The van der Waals surface area contributed by atoms with Crippen LogP contribution in [0.1, 0.15) is 37.7 Å². The number of hydrogen-bond acceptors (Lipinski definition) is 1. The first-order chi connectivity index (χ1) is 8.21. The number of nitrogens with one attached hydrogen (secondary N) is 1.